The first-order valence-electron chi connectivity index (χ1n) is 9.27. The fraction of sp³-hybridized carbons (Fsp3) is 0.600. The van der Waals surface area contributed by atoms with Gasteiger partial charge in [0.05, 0.1) is 0 Å². The molecule has 0 saturated carbocycles. The molecule has 2 N–H and O–H groups in total. The standard InChI is InChI=1S/C20H29N3O2.ClH/c1-20(2,3)19(25)22-12-14-4-6-15(7-5-14)18(24)23-16-8-9-17(23)13-21-11-10-16;/h4-7,16-17,21H,8-13H2,1-3H3,(H,22,25);1H. The molecule has 0 spiro atoms. The molecule has 2 aliphatic heterocycles. The van der Waals surface area contributed by atoms with Crippen LogP contribution in [0.4, 0.5) is 0 Å². The lowest BCUT2D eigenvalue weighted by atomic mass is 9.95. The van der Waals surface area contributed by atoms with Crippen LogP contribution in [0.1, 0.15) is 56.0 Å². The summed E-state index contributed by atoms with van der Waals surface area (Å²) in [7, 11) is 0. The molecule has 0 radical (unpaired) electrons. The number of hydrogen-bond acceptors (Lipinski definition) is 3. The van der Waals surface area contributed by atoms with Crippen LogP contribution in [0.25, 0.3) is 0 Å². The maximum absolute atomic E-state index is 13.0. The topological polar surface area (TPSA) is 61.4 Å². The predicted octanol–water partition coefficient (Wildman–Crippen LogP) is 2.74. The van der Waals surface area contributed by atoms with Crippen molar-refractivity contribution in [1.82, 2.24) is 15.5 Å². The Morgan fingerprint density at radius 2 is 1.77 bits per heavy atom. The molecule has 2 unspecified atom stereocenters. The van der Waals surface area contributed by atoms with Gasteiger partial charge in [-0.1, -0.05) is 32.9 Å². The van der Waals surface area contributed by atoms with Crippen molar-refractivity contribution in [1.29, 1.82) is 0 Å². The highest BCUT2D eigenvalue weighted by Gasteiger charge is 2.38. The molecule has 2 heterocycles. The number of rotatable bonds is 3. The number of fused-ring (bicyclic) bond motifs is 2. The summed E-state index contributed by atoms with van der Waals surface area (Å²) in [5.41, 5.74) is 1.36. The van der Waals surface area contributed by atoms with Gasteiger partial charge in [0.1, 0.15) is 0 Å². The van der Waals surface area contributed by atoms with Gasteiger partial charge >= 0.3 is 0 Å². The lowest BCUT2D eigenvalue weighted by molar-refractivity contribution is -0.128. The van der Waals surface area contributed by atoms with Gasteiger partial charge in [-0.3, -0.25) is 9.59 Å². The smallest absolute Gasteiger partial charge is 0.254 e. The minimum absolute atomic E-state index is 0. The minimum Gasteiger partial charge on any atom is -0.352 e. The van der Waals surface area contributed by atoms with Crippen LogP contribution in [0.2, 0.25) is 0 Å². The molecule has 5 nitrogen and oxygen atoms in total. The van der Waals surface area contributed by atoms with Gasteiger partial charge < -0.3 is 15.5 Å². The molecule has 1 aromatic carbocycles. The van der Waals surface area contributed by atoms with E-state index in [1.165, 1.54) is 0 Å². The van der Waals surface area contributed by atoms with Crippen LogP contribution in [-0.2, 0) is 11.3 Å². The number of carbonyl (C=O) groups excluding carboxylic acids is 2. The first-order chi connectivity index (χ1) is 11.9. The van der Waals surface area contributed by atoms with E-state index in [1.807, 2.05) is 45.0 Å². The van der Waals surface area contributed by atoms with Crippen LogP contribution < -0.4 is 10.6 Å². The average molecular weight is 380 g/mol. The van der Waals surface area contributed by atoms with Crippen molar-refractivity contribution in [2.45, 2.75) is 58.7 Å². The van der Waals surface area contributed by atoms with Crippen LogP contribution >= 0.6 is 12.4 Å². The average Bonchev–Trinajstić information content (AvgIpc) is 2.84. The molecule has 2 fully saturated rings. The number of hydrogen-bond donors (Lipinski definition) is 2. The zero-order valence-electron chi connectivity index (χ0n) is 15.9. The zero-order chi connectivity index (χ0) is 18.0. The van der Waals surface area contributed by atoms with Crippen molar-refractivity contribution >= 4 is 24.2 Å². The summed E-state index contributed by atoms with van der Waals surface area (Å²) in [6, 6.07) is 8.35. The highest BCUT2D eigenvalue weighted by atomic mass is 35.5. The number of nitrogens with zero attached hydrogens (tertiary/aromatic N) is 1. The summed E-state index contributed by atoms with van der Waals surface area (Å²) in [6.45, 7) is 8.08. The van der Waals surface area contributed by atoms with E-state index >= 15 is 0 Å². The third-order valence-corrected chi connectivity index (χ3v) is 5.22. The summed E-state index contributed by atoms with van der Waals surface area (Å²) in [5.74, 6) is 0.169. The molecule has 0 aliphatic carbocycles. The van der Waals surface area contributed by atoms with Gasteiger partial charge in [0, 0.05) is 36.2 Å². The van der Waals surface area contributed by atoms with Crippen molar-refractivity contribution in [3.8, 4) is 0 Å². The van der Waals surface area contributed by atoms with Crippen LogP contribution in [-0.4, -0.2) is 41.9 Å². The molecule has 144 valence electrons. The van der Waals surface area contributed by atoms with E-state index in [2.05, 4.69) is 15.5 Å². The number of benzene rings is 1. The SMILES string of the molecule is CC(C)(C)C(=O)NCc1ccc(C(=O)N2C3CCNCC2CC3)cc1.Cl. The first-order valence-corrected chi connectivity index (χ1v) is 9.27. The maximum atomic E-state index is 13.0. The molecule has 6 heteroatoms. The molecule has 2 saturated heterocycles. The zero-order valence-corrected chi connectivity index (χ0v) is 16.7. The summed E-state index contributed by atoms with van der Waals surface area (Å²) in [6.07, 6.45) is 3.26. The van der Waals surface area contributed by atoms with Crippen molar-refractivity contribution in [2.24, 2.45) is 5.41 Å². The molecular weight excluding hydrogens is 350 g/mol. The minimum atomic E-state index is -0.393. The molecule has 2 atom stereocenters. The highest BCUT2D eigenvalue weighted by molar-refractivity contribution is 5.95. The maximum Gasteiger partial charge on any atom is 0.254 e. The summed E-state index contributed by atoms with van der Waals surface area (Å²) in [4.78, 5) is 27.0. The Labute approximate surface area is 162 Å². The molecule has 0 aromatic heterocycles. The Morgan fingerprint density at radius 3 is 2.42 bits per heavy atom. The number of halogens is 1. The molecule has 3 rings (SSSR count). The van der Waals surface area contributed by atoms with Gasteiger partial charge in [-0.2, -0.15) is 0 Å². The molecule has 1 aromatic rings. The Balaban J connectivity index is 0.00000243. The second kappa shape index (κ2) is 8.40. The summed E-state index contributed by atoms with van der Waals surface area (Å²) < 4.78 is 0. The van der Waals surface area contributed by atoms with Gasteiger partial charge in [-0.05, 0) is 43.5 Å². The van der Waals surface area contributed by atoms with Crippen molar-refractivity contribution in [3.05, 3.63) is 35.4 Å². The Kier molecular flexibility index (Phi) is 6.69. The molecular formula is C20H30ClN3O2. The van der Waals surface area contributed by atoms with Crippen LogP contribution in [0.3, 0.4) is 0 Å². The molecule has 2 amide bonds. The van der Waals surface area contributed by atoms with E-state index in [4.69, 9.17) is 0 Å². The van der Waals surface area contributed by atoms with Crippen LogP contribution in [0, 0.1) is 5.41 Å². The van der Waals surface area contributed by atoms with E-state index < -0.39 is 5.41 Å². The van der Waals surface area contributed by atoms with Crippen LogP contribution in [0.5, 0.6) is 0 Å². The molecule has 26 heavy (non-hydrogen) atoms. The fourth-order valence-electron chi connectivity index (χ4n) is 3.68. The van der Waals surface area contributed by atoms with Crippen molar-refractivity contribution in [2.75, 3.05) is 13.1 Å². The predicted molar refractivity (Wildman–Crippen MR) is 105 cm³/mol. The lowest BCUT2D eigenvalue weighted by Gasteiger charge is -2.28. The Hall–Kier alpha value is -1.59. The van der Waals surface area contributed by atoms with Gasteiger partial charge in [0.25, 0.3) is 5.91 Å². The van der Waals surface area contributed by atoms with Gasteiger partial charge in [0.2, 0.25) is 5.91 Å². The van der Waals surface area contributed by atoms with Gasteiger partial charge in [0.15, 0.2) is 0 Å². The fourth-order valence-corrected chi connectivity index (χ4v) is 3.68. The Morgan fingerprint density at radius 1 is 1.12 bits per heavy atom. The lowest BCUT2D eigenvalue weighted by Crippen LogP contribution is -2.42. The second-order valence-corrected chi connectivity index (χ2v) is 8.22. The van der Waals surface area contributed by atoms with Gasteiger partial charge in [-0.25, -0.2) is 0 Å². The monoisotopic (exact) mass is 379 g/mol. The summed E-state index contributed by atoms with van der Waals surface area (Å²) in [5, 5.41) is 6.37. The largest absolute Gasteiger partial charge is 0.352 e. The van der Waals surface area contributed by atoms with E-state index in [9.17, 15) is 9.59 Å². The molecule has 2 aliphatic rings. The van der Waals surface area contributed by atoms with Crippen molar-refractivity contribution < 1.29 is 9.59 Å². The normalized spacial score (nSPS) is 22.3. The van der Waals surface area contributed by atoms with Crippen molar-refractivity contribution in [3.63, 3.8) is 0 Å². The van der Waals surface area contributed by atoms with E-state index in [0.717, 1.165) is 43.5 Å². The molecule has 2 bridgehead atoms. The van der Waals surface area contributed by atoms with Gasteiger partial charge in [-0.15, -0.1) is 12.4 Å². The third kappa shape index (κ3) is 4.57. The van der Waals surface area contributed by atoms with E-state index in [-0.39, 0.29) is 24.2 Å². The van der Waals surface area contributed by atoms with Crippen LogP contribution in [0.15, 0.2) is 24.3 Å². The summed E-state index contributed by atoms with van der Waals surface area (Å²) >= 11 is 0. The second-order valence-electron chi connectivity index (χ2n) is 8.22. The Bertz CT molecular complexity index is 625. The third-order valence-electron chi connectivity index (χ3n) is 5.22. The van der Waals surface area contributed by atoms with E-state index in [1.54, 1.807) is 0 Å². The number of nitrogens with one attached hydrogen (secondary N) is 2. The van der Waals surface area contributed by atoms with E-state index in [0.29, 0.717) is 18.6 Å². The quantitative estimate of drug-likeness (QED) is 0.848. The number of carbonyl (C=O) groups is 2. The number of amides is 2. The first kappa shape index (κ1) is 20.7. The highest BCUT2D eigenvalue weighted by Crippen LogP contribution is 2.29.